The first-order valence-electron chi connectivity index (χ1n) is 5.40. The first kappa shape index (κ1) is 12.3. The van der Waals surface area contributed by atoms with Gasteiger partial charge in [0.25, 0.3) is 0 Å². The molecule has 2 aromatic rings. The van der Waals surface area contributed by atoms with E-state index >= 15 is 0 Å². The number of hydrogen-bond acceptors (Lipinski definition) is 1. The summed E-state index contributed by atoms with van der Waals surface area (Å²) in [5, 5.41) is 4.47. The first-order valence-corrected chi connectivity index (χ1v) is 6.16. The number of nitrogens with one attached hydrogen (secondary N) is 1. The van der Waals surface area contributed by atoms with Crippen LogP contribution in [0.1, 0.15) is 11.1 Å². The second-order valence-electron chi connectivity index (χ2n) is 3.91. The largest absolute Gasteiger partial charge is 0.381 e. The zero-order valence-corrected chi connectivity index (χ0v) is 11.0. The molecule has 0 radical (unpaired) electrons. The predicted octanol–water partition coefficient (Wildman–Crippen LogP) is 4.91. The number of benzene rings is 2. The van der Waals surface area contributed by atoms with Gasteiger partial charge in [-0.25, -0.2) is 0 Å². The lowest BCUT2D eigenvalue weighted by atomic mass is 10.1. The highest BCUT2D eigenvalue weighted by atomic mass is 35.5. The molecule has 0 aromatic heterocycles. The fourth-order valence-corrected chi connectivity index (χ4v) is 1.91. The molecule has 0 aliphatic carbocycles. The molecule has 0 fully saturated rings. The number of rotatable bonds is 3. The number of aryl methyl sites for hydroxylation is 1. The van der Waals surface area contributed by atoms with Gasteiger partial charge in [0, 0.05) is 12.2 Å². The molecule has 0 bridgehead atoms. The number of halogens is 2. The van der Waals surface area contributed by atoms with Crippen molar-refractivity contribution in [3.63, 3.8) is 0 Å². The summed E-state index contributed by atoms with van der Waals surface area (Å²) < 4.78 is 0. The van der Waals surface area contributed by atoms with E-state index in [1.807, 2.05) is 24.3 Å². The van der Waals surface area contributed by atoms with Crippen LogP contribution in [0.3, 0.4) is 0 Å². The van der Waals surface area contributed by atoms with Crippen molar-refractivity contribution in [1.82, 2.24) is 0 Å². The molecule has 2 rings (SSSR count). The summed E-state index contributed by atoms with van der Waals surface area (Å²) in [6.07, 6.45) is 0. The summed E-state index contributed by atoms with van der Waals surface area (Å²) in [6, 6.07) is 13.8. The zero-order valence-electron chi connectivity index (χ0n) is 9.50. The second-order valence-corrected chi connectivity index (χ2v) is 4.72. The van der Waals surface area contributed by atoms with Crippen LogP contribution in [0.4, 0.5) is 5.69 Å². The van der Waals surface area contributed by atoms with Crippen LogP contribution in [0, 0.1) is 6.92 Å². The molecule has 88 valence electrons. The van der Waals surface area contributed by atoms with Gasteiger partial charge in [-0.1, -0.05) is 47.5 Å². The Bertz CT molecular complexity index is 523. The molecule has 0 aliphatic heterocycles. The fraction of sp³-hybridized carbons (Fsp3) is 0.143. The van der Waals surface area contributed by atoms with E-state index in [4.69, 9.17) is 23.2 Å². The highest BCUT2D eigenvalue weighted by Crippen LogP contribution is 2.25. The van der Waals surface area contributed by atoms with Gasteiger partial charge in [0.2, 0.25) is 0 Å². The van der Waals surface area contributed by atoms with E-state index in [0.29, 0.717) is 10.0 Å². The molecule has 3 heteroatoms. The Hall–Kier alpha value is -1.18. The minimum absolute atomic E-state index is 0.571. The van der Waals surface area contributed by atoms with E-state index in [1.54, 1.807) is 6.07 Å². The van der Waals surface area contributed by atoms with Crippen molar-refractivity contribution in [2.24, 2.45) is 0 Å². The summed E-state index contributed by atoms with van der Waals surface area (Å²) in [5.74, 6) is 0. The third kappa shape index (κ3) is 3.15. The van der Waals surface area contributed by atoms with Gasteiger partial charge in [-0.3, -0.25) is 0 Å². The molecule has 0 saturated carbocycles. The Morgan fingerprint density at radius 2 is 1.76 bits per heavy atom. The third-order valence-corrected chi connectivity index (χ3v) is 3.40. The lowest BCUT2D eigenvalue weighted by molar-refractivity contribution is 1.12. The quantitative estimate of drug-likeness (QED) is 0.831. The highest BCUT2D eigenvalue weighted by Gasteiger charge is 2.00. The molecular formula is C14H13Cl2N. The topological polar surface area (TPSA) is 12.0 Å². The Labute approximate surface area is 111 Å². The van der Waals surface area contributed by atoms with Crippen molar-refractivity contribution in [3.8, 4) is 0 Å². The van der Waals surface area contributed by atoms with Crippen molar-refractivity contribution in [3.05, 3.63) is 63.6 Å². The fourth-order valence-electron chi connectivity index (χ4n) is 1.61. The molecule has 0 heterocycles. The molecule has 0 spiro atoms. The summed E-state index contributed by atoms with van der Waals surface area (Å²) >= 11 is 11.8. The van der Waals surface area contributed by atoms with Crippen molar-refractivity contribution in [2.45, 2.75) is 13.5 Å². The Balaban J connectivity index is 2.08. The van der Waals surface area contributed by atoms with Crippen LogP contribution in [-0.2, 0) is 6.54 Å². The summed E-state index contributed by atoms with van der Waals surface area (Å²) in [4.78, 5) is 0. The van der Waals surface area contributed by atoms with Gasteiger partial charge >= 0.3 is 0 Å². The van der Waals surface area contributed by atoms with E-state index in [1.165, 1.54) is 11.1 Å². The van der Waals surface area contributed by atoms with E-state index in [2.05, 4.69) is 24.4 Å². The van der Waals surface area contributed by atoms with E-state index < -0.39 is 0 Å². The highest BCUT2D eigenvalue weighted by molar-refractivity contribution is 6.42. The van der Waals surface area contributed by atoms with Crippen LogP contribution in [0.2, 0.25) is 10.0 Å². The monoisotopic (exact) mass is 265 g/mol. The Morgan fingerprint density at radius 1 is 1.00 bits per heavy atom. The average molecular weight is 266 g/mol. The van der Waals surface area contributed by atoms with E-state index in [9.17, 15) is 0 Å². The summed E-state index contributed by atoms with van der Waals surface area (Å²) in [5.41, 5.74) is 3.53. The molecular weight excluding hydrogens is 253 g/mol. The molecule has 0 saturated heterocycles. The van der Waals surface area contributed by atoms with Crippen LogP contribution < -0.4 is 5.32 Å². The van der Waals surface area contributed by atoms with Crippen molar-refractivity contribution >= 4 is 28.9 Å². The maximum atomic E-state index is 5.95. The molecule has 0 unspecified atom stereocenters. The molecule has 1 nitrogen and oxygen atoms in total. The van der Waals surface area contributed by atoms with Crippen LogP contribution >= 0.6 is 23.2 Å². The SMILES string of the molecule is Cc1ccccc1CNc1ccc(Cl)c(Cl)c1. The number of hydrogen-bond donors (Lipinski definition) is 1. The van der Waals surface area contributed by atoms with Crippen LogP contribution in [0.25, 0.3) is 0 Å². The molecule has 1 N–H and O–H groups in total. The normalized spacial score (nSPS) is 10.3. The van der Waals surface area contributed by atoms with Gasteiger partial charge in [-0.2, -0.15) is 0 Å². The maximum Gasteiger partial charge on any atom is 0.0612 e. The summed E-state index contributed by atoms with van der Waals surface area (Å²) in [6.45, 7) is 2.89. The molecule has 0 aliphatic rings. The lowest BCUT2D eigenvalue weighted by Gasteiger charge is -2.09. The Morgan fingerprint density at radius 3 is 2.47 bits per heavy atom. The van der Waals surface area contributed by atoms with Crippen LogP contribution in [-0.4, -0.2) is 0 Å². The second kappa shape index (κ2) is 5.44. The molecule has 0 atom stereocenters. The summed E-state index contributed by atoms with van der Waals surface area (Å²) in [7, 11) is 0. The zero-order chi connectivity index (χ0) is 12.3. The number of anilines is 1. The van der Waals surface area contributed by atoms with Gasteiger partial charge in [0.1, 0.15) is 0 Å². The smallest absolute Gasteiger partial charge is 0.0612 e. The van der Waals surface area contributed by atoms with Crippen molar-refractivity contribution in [2.75, 3.05) is 5.32 Å². The van der Waals surface area contributed by atoms with Gasteiger partial charge in [-0.15, -0.1) is 0 Å². The molecule has 2 aromatic carbocycles. The van der Waals surface area contributed by atoms with Crippen molar-refractivity contribution < 1.29 is 0 Å². The van der Waals surface area contributed by atoms with Gasteiger partial charge < -0.3 is 5.32 Å². The van der Waals surface area contributed by atoms with Gasteiger partial charge in [-0.05, 0) is 36.2 Å². The van der Waals surface area contributed by atoms with Gasteiger partial charge in [0.05, 0.1) is 10.0 Å². The average Bonchev–Trinajstić information content (AvgIpc) is 2.32. The van der Waals surface area contributed by atoms with Gasteiger partial charge in [0.15, 0.2) is 0 Å². The molecule has 0 amide bonds. The van der Waals surface area contributed by atoms with E-state index in [-0.39, 0.29) is 0 Å². The van der Waals surface area contributed by atoms with Crippen LogP contribution in [0.15, 0.2) is 42.5 Å². The standard InChI is InChI=1S/C14H13Cl2N/c1-10-4-2-3-5-11(10)9-17-12-6-7-13(15)14(16)8-12/h2-8,17H,9H2,1H3. The Kier molecular flexibility index (Phi) is 3.93. The van der Waals surface area contributed by atoms with Crippen molar-refractivity contribution in [1.29, 1.82) is 0 Å². The third-order valence-electron chi connectivity index (χ3n) is 2.66. The first-order chi connectivity index (χ1) is 8.16. The van der Waals surface area contributed by atoms with Crippen LogP contribution in [0.5, 0.6) is 0 Å². The minimum Gasteiger partial charge on any atom is -0.381 e. The molecule has 17 heavy (non-hydrogen) atoms. The maximum absolute atomic E-state index is 5.95. The van der Waals surface area contributed by atoms with E-state index in [0.717, 1.165) is 12.2 Å². The minimum atomic E-state index is 0.571. The lowest BCUT2D eigenvalue weighted by Crippen LogP contribution is -2.00. The predicted molar refractivity (Wildman–Crippen MR) is 75.0 cm³/mol.